The first-order valence-electron chi connectivity index (χ1n) is 8.76. The molecule has 0 radical (unpaired) electrons. The van der Waals surface area contributed by atoms with Crippen LogP contribution in [-0.4, -0.2) is 23.5 Å². The molecule has 3 rings (SSSR count). The van der Waals surface area contributed by atoms with Crippen molar-refractivity contribution in [2.75, 3.05) is 11.9 Å². The van der Waals surface area contributed by atoms with E-state index < -0.39 is 0 Å². The fraction of sp³-hybridized carbons (Fsp3) is 0.400. The summed E-state index contributed by atoms with van der Waals surface area (Å²) in [6.45, 7) is 4.72. The van der Waals surface area contributed by atoms with Crippen molar-refractivity contribution in [2.24, 2.45) is 5.92 Å². The van der Waals surface area contributed by atoms with Gasteiger partial charge in [0.25, 0.3) is 0 Å². The van der Waals surface area contributed by atoms with E-state index in [-0.39, 0.29) is 36.6 Å². The summed E-state index contributed by atoms with van der Waals surface area (Å²) < 4.78 is 0. The highest BCUT2D eigenvalue weighted by atomic mass is 35.5. The molecule has 1 aliphatic carbocycles. The topological polar surface area (TPSA) is 54.0 Å². The van der Waals surface area contributed by atoms with E-state index in [1.165, 1.54) is 0 Å². The number of aromatic nitrogens is 1. The van der Waals surface area contributed by atoms with Crippen LogP contribution in [-0.2, 0) is 4.79 Å². The van der Waals surface area contributed by atoms with Crippen LogP contribution in [0.5, 0.6) is 0 Å². The van der Waals surface area contributed by atoms with E-state index in [1.54, 1.807) is 6.20 Å². The first-order chi connectivity index (χ1) is 11.8. The molecule has 0 saturated heterocycles. The average molecular weight is 394 g/mol. The van der Waals surface area contributed by atoms with Crippen molar-refractivity contribution in [3.63, 3.8) is 0 Å². The molecule has 1 amide bonds. The van der Waals surface area contributed by atoms with E-state index in [0.29, 0.717) is 6.04 Å². The smallest absolute Gasteiger partial charge is 0.227 e. The van der Waals surface area contributed by atoms with Gasteiger partial charge >= 0.3 is 0 Å². The van der Waals surface area contributed by atoms with Crippen molar-refractivity contribution in [1.82, 2.24) is 10.3 Å². The number of carbonyl (C=O) groups excluding carboxylic acids is 1. The minimum atomic E-state index is 0. The molecule has 0 aliphatic heterocycles. The quantitative estimate of drug-likeness (QED) is 0.436. The molecule has 1 heterocycles. The Labute approximate surface area is 167 Å². The summed E-state index contributed by atoms with van der Waals surface area (Å²) in [6.07, 6.45) is 8.75. The highest BCUT2D eigenvalue weighted by Crippen LogP contribution is 2.26. The van der Waals surface area contributed by atoms with E-state index in [2.05, 4.69) is 22.2 Å². The Morgan fingerprint density at radius 3 is 2.69 bits per heavy atom. The van der Waals surface area contributed by atoms with Gasteiger partial charge in [-0.3, -0.25) is 9.78 Å². The summed E-state index contributed by atoms with van der Waals surface area (Å²) in [6, 6.07) is 10.3. The van der Waals surface area contributed by atoms with Crippen molar-refractivity contribution in [3.05, 3.63) is 49.2 Å². The van der Waals surface area contributed by atoms with Gasteiger partial charge in [-0.15, -0.1) is 6.58 Å². The lowest BCUT2D eigenvalue weighted by Crippen LogP contribution is -3.00. The zero-order valence-electron chi connectivity index (χ0n) is 14.8. The maximum absolute atomic E-state index is 12.5. The second-order valence-corrected chi connectivity index (χ2v) is 6.48. The molecule has 1 fully saturated rings. The summed E-state index contributed by atoms with van der Waals surface area (Å²) in [5.74, 6) is 0.259. The van der Waals surface area contributed by atoms with E-state index in [4.69, 9.17) is 0 Å². The molecule has 6 heteroatoms. The van der Waals surface area contributed by atoms with Crippen molar-refractivity contribution in [3.8, 4) is 0 Å². The Morgan fingerprint density at radius 2 is 1.96 bits per heavy atom. The molecular formula is C20H25Cl2N3O-2. The van der Waals surface area contributed by atoms with Crippen LogP contribution in [0.2, 0.25) is 0 Å². The Kier molecular flexibility index (Phi) is 9.63. The van der Waals surface area contributed by atoms with Gasteiger partial charge in [-0.2, -0.15) is 0 Å². The van der Waals surface area contributed by atoms with Crippen LogP contribution < -0.4 is 35.4 Å². The molecule has 1 saturated carbocycles. The van der Waals surface area contributed by atoms with E-state index in [9.17, 15) is 4.79 Å². The average Bonchev–Trinajstić information content (AvgIpc) is 2.62. The van der Waals surface area contributed by atoms with Crippen LogP contribution in [0.3, 0.4) is 0 Å². The Hall–Kier alpha value is -1.62. The molecule has 0 unspecified atom stereocenters. The third-order valence-electron chi connectivity index (χ3n) is 4.75. The van der Waals surface area contributed by atoms with Crippen molar-refractivity contribution < 1.29 is 29.6 Å². The molecule has 142 valence electrons. The van der Waals surface area contributed by atoms with E-state index in [1.807, 2.05) is 36.4 Å². The number of rotatable bonds is 6. The summed E-state index contributed by atoms with van der Waals surface area (Å²) in [5, 5.41) is 7.66. The molecule has 0 spiro atoms. The summed E-state index contributed by atoms with van der Waals surface area (Å²) >= 11 is 0. The van der Waals surface area contributed by atoms with Gasteiger partial charge in [0.2, 0.25) is 5.91 Å². The lowest BCUT2D eigenvalue weighted by atomic mass is 9.85. The van der Waals surface area contributed by atoms with E-state index in [0.717, 1.165) is 55.2 Å². The van der Waals surface area contributed by atoms with Gasteiger partial charge in [0.15, 0.2) is 0 Å². The number of fused-ring (bicyclic) bond motifs is 1. The predicted molar refractivity (Wildman–Crippen MR) is 98.9 cm³/mol. The number of hydrogen-bond donors (Lipinski definition) is 2. The Balaban J connectivity index is 0.00000169. The molecule has 0 atom stereocenters. The second kappa shape index (κ2) is 11.2. The summed E-state index contributed by atoms with van der Waals surface area (Å²) in [5.41, 5.74) is 1.80. The fourth-order valence-electron chi connectivity index (χ4n) is 3.35. The third-order valence-corrected chi connectivity index (χ3v) is 4.75. The standard InChI is InChI=1S/C20H25N3O.2ClH/c1-2-3-12-21-17-8-6-15(7-9-17)20(24)23-18-10-11-19-16(14-18)5-4-13-22-19;;/h2,4-5,10-11,13-15,17,21H,1,3,6-9,12H2,(H,23,24);2*1H/p-2. The predicted octanol–water partition coefficient (Wildman–Crippen LogP) is -2.09. The van der Waals surface area contributed by atoms with Crippen LogP contribution in [0.25, 0.3) is 10.9 Å². The maximum Gasteiger partial charge on any atom is 0.227 e. The monoisotopic (exact) mass is 393 g/mol. The molecule has 0 bridgehead atoms. The van der Waals surface area contributed by atoms with Gasteiger partial charge in [0.05, 0.1) is 5.52 Å². The van der Waals surface area contributed by atoms with Gasteiger partial charge in [-0.1, -0.05) is 12.1 Å². The van der Waals surface area contributed by atoms with Crippen LogP contribution in [0.15, 0.2) is 49.2 Å². The van der Waals surface area contributed by atoms with Crippen LogP contribution in [0.4, 0.5) is 5.69 Å². The number of anilines is 1. The number of benzene rings is 1. The number of pyridine rings is 1. The first kappa shape index (κ1) is 22.4. The molecule has 1 aromatic carbocycles. The van der Waals surface area contributed by atoms with Crippen LogP contribution in [0, 0.1) is 5.92 Å². The highest BCUT2D eigenvalue weighted by molar-refractivity contribution is 5.95. The third kappa shape index (κ3) is 5.97. The van der Waals surface area contributed by atoms with Gasteiger partial charge in [-0.05, 0) is 62.9 Å². The zero-order chi connectivity index (χ0) is 16.8. The molecule has 2 aromatic rings. The molecule has 26 heavy (non-hydrogen) atoms. The van der Waals surface area contributed by atoms with Crippen LogP contribution in [0.1, 0.15) is 32.1 Å². The lowest BCUT2D eigenvalue weighted by molar-refractivity contribution is -0.120. The first-order valence-corrected chi connectivity index (χ1v) is 8.76. The molecule has 4 nitrogen and oxygen atoms in total. The molecular weight excluding hydrogens is 369 g/mol. The van der Waals surface area contributed by atoms with Crippen LogP contribution >= 0.6 is 0 Å². The van der Waals surface area contributed by atoms with Gasteiger partial charge in [0, 0.05) is 29.2 Å². The number of hydrogen-bond acceptors (Lipinski definition) is 3. The maximum atomic E-state index is 12.5. The number of nitrogens with zero attached hydrogens (tertiary/aromatic N) is 1. The van der Waals surface area contributed by atoms with Gasteiger partial charge < -0.3 is 35.4 Å². The highest BCUT2D eigenvalue weighted by Gasteiger charge is 2.25. The number of carbonyl (C=O) groups is 1. The largest absolute Gasteiger partial charge is 1.00 e. The number of nitrogens with one attached hydrogen (secondary N) is 2. The number of halogens is 2. The minimum absolute atomic E-state index is 0. The molecule has 1 aliphatic rings. The second-order valence-electron chi connectivity index (χ2n) is 6.48. The molecule has 1 aromatic heterocycles. The zero-order valence-corrected chi connectivity index (χ0v) is 16.3. The van der Waals surface area contributed by atoms with Gasteiger partial charge in [-0.25, -0.2) is 0 Å². The van der Waals surface area contributed by atoms with Crippen molar-refractivity contribution >= 4 is 22.5 Å². The Bertz CT molecular complexity index is 715. The van der Waals surface area contributed by atoms with Crippen molar-refractivity contribution in [2.45, 2.75) is 38.1 Å². The number of amides is 1. The Morgan fingerprint density at radius 1 is 1.19 bits per heavy atom. The SMILES string of the molecule is C=CCCNC1CCC(C(=O)Nc2ccc3ncccc3c2)CC1.[Cl-].[Cl-]. The minimum Gasteiger partial charge on any atom is -1.00 e. The van der Waals surface area contributed by atoms with E-state index >= 15 is 0 Å². The fourth-order valence-corrected chi connectivity index (χ4v) is 3.35. The normalized spacial score (nSPS) is 19.1. The summed E-state index contributed by atoms with van der Waals surface area (Å²) in [7, 11) is 0. The molecule has 2 N–H and O–H groups in total. The van der Waals surface area contributed by atoms with Crippen molar-refractivity contribution in [1.29, 1.82) is 0 Å². The lowest BCUT2D eigenvalue weighted by Gasteiger charge is -2.28. The summed E-state index contributed by atoms with van der Waals surface area (Å²) in [4.78, 5) is 16.8. The van der Waals surface area contributed by atoms with Gasteiger partial charge in [0.1, 0.15) is 0 Å².